The number of aryl methyl sites for hydroxylation is 1. The number of anilines is 1. The number of rotatable bonds is 2. The highest BCUT2D eigenvalue weighted by Gasteiger charge is 2.11. The van der Waals surface area contributed by atoms with Crippen LogP contribution >= 0.6 is 0 Å². The number of nitrogens with zero attached hydrogens (tertiary/aromatic N) is 2. The molecule has 122 valence electrons. The molecule has 24 heavy (non-hydrogen) atoms. The second-order valence-electron chi connectivity index (χ2n) is 5.21. The predicted octanol–water partition coefficient (Wildman–Crippen LogP) is 2.71. The van der Waals surface area contributed by atoms with Crippen LogP contribution in [0.2, 0.25) is 0 Å². The Morgan fingerprint density at radius 3 is 2.46 bits per heavy atom. The third kappa shape index (κ3) is 2.72. The second kappa shape index (κ2) is 6.13. The van der Waals surface area contributed by atoms with E-state index in [4.69, 9.17) is 15.2 Å². The standard InChI is InChI=1S/C18H16FN3O2/c1-22-10-12(5-4-11-6-13(19)9-21-18(11)20)14-7-16(23-2)17(24-3)8-15(14)22/h6-10H,1-3H3,(H2,20,21). The number of ether oxygens (including phenoxy) is 2. The Kier molecular flexibility index (Phi) is 4.00. The lowest BCUT2D eigenvalue weighted by molar-refractivity contribution is 0.355. The summed E-state index contributed by atoms with van der Waals surface area (Å²) in [5.74, 6) is 6.89. The van der Waals surface area contributed by atoms with Crippen LogP contribution in [-0.2, 0) is 7.05 Å². The van der Waals surface area contributed by atoms with Crippen LogP contribution in [0.25, 0.3) is 10.9 Å². The molecule has 2 N–H and O–H groups in total. The van der Waals surface area contributed by atoms with Gasteiger partial charge in [0.1, 0.15) is 11.6 Å². The topological polar surface area (TPSA) is 62.3 Å². The molecule has 0 saturated heterocycles. The molecular formula is C18H16FN3O2. The molecule has 5 nitrogen and oxygen atoms in total. The first-order valence-electron chi connectivity index (χ1n) is 7.17. The molecule has 0 amide bonds. The summed E-state index contributed by atoms with van der Waals surface area (Å²) >= 11 is 0. The number of benzene rings is 1. The van der Waals surface area contributed by atoms with Gasteiger partial charge in [-0.25, -0.2) is 9.37 Å². The molecule has 2 aromatic heterocycles. The lowest BCUT2D eigenvalue weighted by atomic mass is 10.1. The highest BCUT2D eigenvalue weighted by Crippen LogP contribution is 2.34. The molecule has 0 atom stereocenters. The molecule has 0 unspecified atom stereocenters. The lowest BCUT2D eigenvalue weighted by Crippen LogP contribution is -1.95. The van der Waals surface area contributed by atoms with Crippen molar-refractivity contribution >= 4 is 16.7 Å². The van der Waals surface area contributed by atoms with Crippen LogP contribution in [0.4, 0.5) is 10.2 Å². The summed E-state index contributed by atoms with van der Waals surface area (Å²) in [5.41, 5.74) is 7.81. The Morgan fingerprint density at radius 2 is 1.75 bits per heavy atom. The number of nitrogens with two attached hydrogens (primary N) is 1. The van der Waals surface area contributed by atoms with Gasteiger partial charge in [0.05, 0.1) is 37.1 Å². The van der Waals surface area contributed by atoms with E-state index in [1.54, 1.807) is 14.2 Å². The number of nitrogen functional groups attached to an aromatic ring is 1. The first-order chi connectivity index (χ1) is 11.5. The van der Waals surface area contributed by atoms with Crippen LogP contribution in [-0.4, -0.2) is 23.8 Å². The van der Waals surface area contributed by atoms with E-state index in [0.717, 1.165) is 22.7 Å². The third-order valence-electron chi connectivity index (χ3n) is 3.71. The zero-order chi connectivity index (χ0) is 17.3. The zero-order valence-electron chi connectivity index (χ0n) is 13.6. The van der Waals surface area contributed by atoms with Crippen molar-refractivity contribution in [2.45, 2.75) is 0 Å². The van der Waals surface area contributed by atoms with Crippen LogP contribution in [0.3, 0.4) is 0 Å². The second-order valence-corrected chi connectivity index (χ2v) is 5.21. The van der Waals surface area contributed by atoms with Gasteiger partial charge in [-0.2, -0.15) is 0 Å². The highest BCUT2D eigenvalue weighted by atomic mass is 19.1. The SMILES string of the molecule is COc1cc2c(C#Cc3cc(F)cnc3N)cn(C)c2cc1OC. The van der Waals surface area contributed by atoms with Gasteiger partial charge in [-0.3, -0.25) is 0 Å². The summed E-state index contributed by atoms with van der Waals surface area (Å²) in [6.07, 6.45) is 2.95. The molecule has 0 aliphatic heterocycles. The molecular weight excluding hydrogens is 309 g/mol. The average Bonchev–Trinajstić information content (AvgIpc) is 2.89. The van der Waals surface area contributed by atoms with Crippen molar-refractivity contribution in [2.75, 3.05) is 20.0 Å². The van der Waals surface area contributed by atoms with Crippen LogP contribution < -0.4 is 15.2 Å². The fourth-order valence-electron chi connectivity index (χ4n) is 2.49. The van der Waals surface area contributed by atoms with Gasteiger partial charge in [-0.05, 0) is 12.1 Å². The molecule has 0 saturated carbocycles. The van der Waals surface area contributed by atoms with E-state index in [1.165, 1.54) is 6.07 Å². The summed E-state index contributed by atoms with van der Waals surface area (Å²) < 4.78 is 25.9. The molecule has 0 fully saturated rings. The Bertz CT molecular complexity index is 983. The molecule has 3 rings (SSSR count). The minimum absolute atomic E-state index is 0.198. The summed E-state index contributed by atoms with van der Waals surface area (Å²) in [6, 6.07) is 5.02. The molecule has 0 aliphatic carbocycles. The minimum Gasteiger partial charge on any atom is -0.493 e. The van der Waals surface area contributed by atoms with Gasteiger partial charge in [0.2, 0.25) is 0 Å². The fraction of sp³-hybridized carbons (Fsp3) is 0.167. The summed E-state index contributed by atoms with van der Waals surface area (Å²) in [7, 11) is 5.09. The van der Waals surface area contributed by atoms with Gasteiger partial charge in [0.15, 0.2) is 11.5 Å². The van der Waals surface area contributed by atoms with E-state index in [2.05, 4.69) is 16.8 Å². The molecule has 6 heteroatoms. The van der Waals surface area contributed by atoms with Crippen molar-refractivity contribution in [1.82, 2.24) is 9.55 Å². The van der Waals surface area contributed by atoms with Crippen LogP contribution in [0, 0.1) is 17.7 Å². The summed E-state index contributed by atoms with van der Waals surface area (Å²) in [5, 5.41) is 0.908. The number of hydrogen-bond donors (Lipinski definition) is 1. The van der Waals surface area contributed by atoms with Crippen molar-refractivity contribution in [3.8, 4) is 23.3 Å². The largest absolute Gasteiger partial charge is 0.493 e. The molecule has 1 aromatic carbocycles. The molecule has 0 bridgehead atoms. The number of methoxy groups -OCH3 is 2. The van der Waals surface area contributed by atoms with Gasteiger partial charge >= 0.3 is 0 Å². The number of pyridine rings is 1. The van der Waals surface area contributed by atoms with E-state index in [1.807, 2.05) is 29.9 Å². The quantitative estimate of drug-likeness (QED) is 0.736. The average molecular weight is 325 g/mol. The molecule has 0 radical (unpaired) electrons. The minimum atomic E-state index is -0.474. The van der Waals surface area contributed by atoms with Crippen molar-refractivity contribution in [3.63, 3.8) is 0 Å². The first kappa shape index (κ1) is 15.7. The van der Waals surface area contributed by atoms with Gasteiger partial charge in [-0.15, -0.1) is 0 Å². The van der Waals surface area contributed by atoms with Gasteiger partial charge in [0.25, 0.3) is 0 Å². The number of hydrogen-bond acceptors (Lipinski definition) is 4. The third-order valence-corrected chi connectivity index (χ3v) is 3.71. The van der Waals surface area contributed by atoms with Crippen LogP contribution in [0.15, 0.2) is 30.6 Å². The molecule has 3 aromatic rings. The summed E-state index contributed by atoms with van der Waals surface area (Å²) in [4.78, 5) is 3.77. The normalized spacial score (nSPS) is 10.3. The van der Waals surface area contributed by atoms with Crippen molar-refractivity contribution in [1.29, 1.82) is 0 Å². The maximum atomic E-state index is 13.3. The Labute approximate surface area is 138 Å². The Hall–Kier alpha value is -3.20. The van der Waals surface area contributed by atoms with E-state index in [-0.39, 0.29) is 5.82 Å². The van der Waals surface area contributed by atoms with Gasteiger partial charge in [0, 0.05) is 24.7 Å². The molecule has 0 spiro atoms. The monoisotopic (exact) mass is 325 g/mol. The summed E-state index contributed by atoms with van der Waals surface area (Å²) in [6.45, 7) is 0. The Balaban J connectivity index is 2.14. The number of aromatic nitrogens is 2. The lowest BCUT2D eigenvalue weighted by Gasteiger charge is -2.08. The fourth-order valence-corrected chi connectivity index (χ4v) is 2.49. The predicted molar refractivity (Wildman–Crippen MR) is 90.6 cm³/mol. The first-order valence-corrected chi connectivity index (χ1v) is 7.17. The van der Waals surface area contributed by atoms with E-state index in [9.17, 15) is 4.39 Å². The molecule has 2 heterocycles. The van der Waals surface area contributed by atoms with Crippen molar-refractivity contribution in [2.24, 2.45) is 7.05 Å². The van der Waals surface area contributed by atoms with E-state index < -0.39 is 5.82 Å². The van der Waals surface area contributed by atoms with Crippen molar-refractivity contribution in [3.05, 3.63) is 47.5 Å². The number of halogens is 1. The van der Waals surface area contributed by atoms with Crippen molar-refractivity contribution < 1.29 is 13.9 Å². The van der Waals surface area contributed by atoms with E-state index in [0.29, 0.717) is 17.1 Å². The smallest absolute Gasteiger partial charge is 0.162 e. The maximum Gasteiger partial charge on any atom is 0.162 e. The van der Waals surface area contributed by atoms with Gasteiger partial charge < -0.3 is 19.8 Å². The van der Waals surface area contributed by atoms with Crippen LogP contribution in [0.5, 0.6) is 11.5 Å². The Morgan fingerprint density at radius 1 is 1.08 bits per heavy atom. The van der Waals surface area contributed by atoms with Crippen LogP contribution in [0.1, 0.15) is 11.1 Å². The number of fused-ring (bicyclic) bond motifs is 1. The van der Waals surface area contributed by atoms with E-state index >= 15 is 0 Å². The van der Waals surface area contributed by atoms with Gasteiger partial charge in [-0.1, -0.05) is 11.8 Å². The zero-order valence-corrected chi connectivity index (χ0v) is 13.6. The highest BCUT2D eigenvalue weighted by molar-refractivity contribution is 5.90. The molecule has 0 aliphatic rings. The maximum absolute atomic E-state index is 13.3.